The fraction of sp³-hybridized carbons (Fsp3) is 0.333. The van der Waals surface area contributed by atoms with Gasteiger partial charge in [-0.2, -0.15) is 0 Å². The molecule has 1 spiro atoms. The maximum Gasteiger partial charge on any atom is 0.254 e. The minimum absolute atomic E-state index is 0.00424. The number of hydrogen-bond acceptors (Lipinski definition) is 3. The van der Waals surface area contributed by atoms with E-state index in [-0.39, 0.29) is 30.4 Å². The van der Waals surface area contributed by atoms with Crippen molar-refractivity contribution in [2.75, 3.05) is 19.7 Å². The molecule has 150 valence electrons. The van der Waals surface area contributed by atoms with Gasteiger partial charge in [-0.3, -0.25) is 9.59 Å². The maximum absolute atomic E-state index is 13.3. The highest BCUT2D eigenvalue weighted by Crippen LogP contribution is 2.54. The van der Waals surface area contributed by atoms with Crippen molar-refractivity contribution in [3.05, 3.63) is 77.4 Å². The standard InChI is InChI=1S/C24H26N2O3/c1-3-7-18-10-12-19(13-11-18)22-21(14-27)26(23(29)20-8-5-4-6-9-20)24(22)15-25(16-24)17(2)28/h3-13,21-22,27H,14-16H2,1-2H3/b7-3+/t21-,22+/m0/s1. The maximum atomic E-state index is 13.3. The van der Waals surface area contributed by atoms with Crippen LogP contribution in [0.2, 0.25) is 0 Å². The minimum Gasteiger partial charge on any atom is -0.394 e. The van der Waals surface area contributed by atoms with E-state index >= 15 is 0 Å². The average Bonchev–Trinajstić information content (AvgIpc) is 2.68. The molecular formula is C24H26N2O3. The van der Waals surface area contributed by atoms with Gasteiger partial charge in [0.05, 0.1) is 18.2 Å². The minimum atomic E-state index is -0.464. The zero-order valence-electron chi connectivity index (χ0n) is 16.8. The third-order valence-corrected chi connectivity index (χ3v) is 6.23. The van der Waals surface area contributed by atoms with Crippen LogP contribution < -0.4 is 0 Å². The lowest BCUT2D eigenvalue weighted by atomic mass is 9.60. The van der Waals surface area contributed by atoms with Crippen molar-refractivity contribution in [1.29, 1.82) is 0 Å². The van der Waals surface area contributed by atoms with Gasteiger partial charge in [-0.25, -0.2) is 0 Å². The Kier molecular flexibility index (Phi) is 5.01. The number of aliphatic hydroxyl groups is 1. The van der Waals surface area contributed by atoms with E-state index in [2.05, 4.69) is 24.3 Å². The molecule has 0 bridgehead atoms. The average molecular weight is 390 g/mol. The van der Waals surface area contributed by atoms with Crippen molar-refractivity contribution < 1.29 is 14.7 Å². The van der Waals surface area contributed by atoms with E-state index in [0.29, 0.717) is 18.7 Å². The third kappa shape index (κ3) is 3.06. The van der Waals surface area contributed by atoms with Gasteiger partial charge >= 0.3 is 0 Å². The van der Waals surface area contributed by atoms with E-state index in [4.69, 9.17) is 0 Å². The second-order valence-electron chi connectivity index (χ2n) is 7.91. The number of allylic oxidation sites excluding steroid dienone is 1. The molecule has 2 aliphatic heterocycles. The zero-order valence-corrected chi connectivity index (χ0v) is 16.8. The summed E-state index contributed by atoms with van der Waals surface area (Å²) in [4.78, 5) is 28.8. The number of benzene rings is 2. The first-order chi connectivity index (χ1) is 14.0. The molecule has 2 atom stereocenters. The third-order valence-electron chi connectivity index (χ3n) is 6.23. The summed E-state index contributed by atoms with van der Waals surface area (Å²) in [5.74, 6) is -0.0811. The molecule has 2 aromatic carbocycles. The van der Waals surface area contributed by atoms with Crippen molar-refractivity contribution in [3.63, 3.8) is 0 Å². The van der Waals surface area contributed by atoms with Crippen molar-refractivity contribution in [3.8, 4) is 0 Å². The smallest absolute Gasteiger partial charge is 0.254 e. The molecule has 29 heavy (non-hydrogen) atoms. The SMILES string of the molecule is C/C=C/c1ccc([C@@H]2[C@H](CO)N(C(=O)c3ccccc3)C23CN(C(C)=O)C3)cc1. The quantitative estimate of drug-likeness (QED) is 0.873. The van der Waals surface area contributed by atoms with Crippen LogP contribution in [0, 0.1) is 0 Å². The predicted octanol–water partition coefficient (Wildman–Crippen LogP) is 2.92. The van der Waals surface area contributed by atoms with E-state index < -0.39 is 5.54 Å². The summed E-state index contributed by atoms with van der Waals surface area (Å²) in [7, 11) is 0. The summed E-state index contributed by atoms with van der Waals surface area (Å²) in [6, 6.07) is 17.1. The Morgan fingerprint density at radius 3 is 2.31 bits per heavy atom. The Morgan fingerprint density at radius 1 is 1.10 bits per heavy atom. The van der Waals surface area contributed by atoms with E-state index in [1.54, 1.807) is 24.0 Å². The van der Waals surface area contributed by atoms with Gasteiger partial charge in [0.15, 0.2) is 0 Å². The lowest BCUT2D eigenvalue weighted by Crippen LogP contribution is -2.85. The van der Waals surface area contributed by atoms with Gasteiger partial charge in [-0.15, -0.1) is 0 Å². The van der Waals surface area contributed by atoms with Crippen LogP contribution in [0.4, 0.5) is 0 Å². The van der Waals surface area contributed by atoms with Crippen LogP contribution in [-0.2, 0) is 4.79 Å². The van der Waals surface area contributed by atoms with Crippen LogP contribution >= 0.6 is 0 Å². The lowest BCUT2D eigenvalue weighted by Gasteiger charge is -2.70. The monoisotopic (exact) mass is 390 g/mol. The van der Waals surface area contributed by atoms with Crippen molar-refractivity contribution in [2.45, 2.75) is 31.3 Å². The Hall–Kier alpha value is -2.92. The molecule has 0 saturated carbocycles. The van der Waals surface area contributed by atoms with Gasteiger partial charge in [0, 0.05) is 31.5 Å². The summed E-state index contributed by atoms with van der Waals surface area (Å²) in [6.45, 7) is 4.42. The van der Waals surface area contributed by atoms with Crippen molar-refractivity contribution in [1.82, 2.24) is 9.80 Å². The van der Waals surface area contributed by atoms with Crippen LogP contribution in [-0.4, -0.2) is 58.0 Å². The molecule has 2 saturated heterocycles. The normalized spacial score (nSPS) is 22.4. The number of likely N-dealkylation sites (tertiary alicyclic amines) is 2. The summed E-state index contributed by atoms with van der Waals surface area (Å²) in [6.07, 6.45) is 4.03. The highest BCUT2D eigenvalue weighted by Gasteiger charge is 2.67. The van der Waals surface area contributed by atoms with E-state index in [1.807, 2.05) is 42.2 Å². The summed E-state index contributed by atoms with van der Waals surface area (Å²) in [5, 5.41) is 10.2. The van der Waals surface area contributed by atoms with E-state index in [0.717, 1.165) is 11.1 Å². The molecule has 0 radical (unpaired) electrons. The largest absolute Gasteiger partial charge is 0.394 e. The first-order valence-corrected chi connectivity index (χ1v) is 9.99. The molecule has 0 aliphatic carbocycles. The molecule has 4 rings (SSSR count). The van der Waals surface area contributed by atoms with Gasteiger partial charge in [0.25, 0.3) is 5.91 Å². The second kappa shape index (κ2) is 7.48. The van der Waals surface area contributed by atoms with Gasteiger partial charge in [-0.05, 0) is 30.2 Å². The van der Waals surface area contributed by atoms with Gasteiger partial charge in [0.1, 0.15) is 0 Å². The molecule has 2 fully saturated rings. The number of carbonyl (C=O) groups is 2. The molecule has 0 unspecified atom stereocenters. The number of carbonyl (C=O) groups excluding carboxylic acids is 2. The number of aliphatic hydroxyl groups excluding tert-OH is 1. The van der Waals surface area contributed by atoms with Gasteiger partial charge in [-0.1, -0.05) is 54.6 Å². The molecule has 0 aromatic heterocycles. The van der Waals surface area contributed by atoms with Crippen LogP contribution in [0.15, 0.2) is 60.7 Å². The van der Waals surface area contributed by atoms with Crippen molar-refractivity contribution in [2.24, 2.45) is 0 Å². The summed E-state index contributed by atoms with van der Waals surface area (Å²) < 4.78 is 0. The first kappa shape index (κ1) is 19.4. The predicted molar refractivity (Wildman–Crippen MR) is 112 cm³/mol. The molecule has 2 aliphatic rings. The molecule has 1 N–H and O–H groups in total. The van der Waals surface area contributed by atoms with E-state index in [9.17, 15) is 14.7 Å². The fourth-order valence-electron chi connectivity index (χ4n) is 4.89. The Bertz CT molecular complexity index is 930. The van der Waals surface area contributed by atoms with Crippen LogP contribution in [0.5, 0.6) is 0 Å². The number of amides is 2. The molecule has 2 heterocycles. The summed E-state index contributed by atoms with van der Waals surface area (Å²) in [5.41, 5.74) is 2.35. The summed E-state index contributed by atoms with van der Waals surface area (Å²) >= 11 is 0. The second-order valence-corrected chi connectivity index (χ2v) is 7.91. The van der Waals surface area contributed by atoms with Gasteiger partial charge in [0.2, 0.25) is 5.91 Å². The molecule has 2 aromatic rings. The topological polar surface area (TPSA) is 60.9 Å². The number of nitrogens with zero attached hydrogens (tertiary/aromatic N) is 2. The molecule has 2 amide bonds. The van der Waals surface area contributed by atoms with Crippen molar-refractivity contribution >= 4 is 17.9 Å². The van der Waals surface area contributed by atoms with Crippen LogP contribution in [0.3, 0.4) is 0 Å². The fourth-order valence-corrected chi connectivity index (χ4v) is 4.89. The van der Waals surface area contributed by atoms with Crippen LogP contribution in [0.1, 0.15) is 41.3 Å². The number of rotatable bonds is 4. The Morgan fingerprint density at radius 2 is 1.76 bits per heavy atom. The van der Waals surface area contributed by atoms with E-state index in [1.165, 1.54) is 0 Å². The zero-order chi connectivity index (χ0) is 20.6. The molecular weight excluding hydrogens is 364 g/mol. The molecule has 5 heteroatoms. The Balaban J connectivity index is 1.69. The van der Waals surface area contributed by atoms with Crippen LogP contribution in [0.25, 0.3) is 6.08 Å². The lowest BCUT2D eigenvalue weighted by molar-refractivity contribution is -0.176. The highest BCUT2D eigenvalue weighted by molar-refractivity contribution is 5.96. The number of hydrogen-bond donors (Lipinski definition) is 1. The highest BCUT2D eigenvalue weighted by atomic mass is 16.3. The molecule has 5 nitrogen and oxygen atoms in total. The Labute approximate surface area is 171 Å². The first-order valence-electron chi connectivity index (χ1n) is 9.99. The van der Waals surface area contributed by atoms with Gasteiger partial charge < -0.3 is 14.9 Å².